The minimum absolute atomic E-state index is 0.307. The van der Waals surface area contributed by atoms with Crippen LogP contribution >= 0.6 is 11.3 Å². The molecular formula is C9H10N4O3S. The van der Waals surface area contributed by atoms with Gasteiger partial charge in [-0.2, -0.15) is 4.98 Å². The predicted molar refractivity (Wildman–Crippen MR) is 59.8 cm³/mol. The number of nitrogens with zero attached hydrogens (tertiary/aromatic N) is 3. The zero-order valence-electron chi connectivity index (χ0n) is 8.79. The van der Waals surface area contributed by atoms with Gasteiger partial charge in [0.05, 0.1) is 5.69 Å². The monoisotopic (exact) mass is 254 g/mol. The fourth-order valence-corrected chi connectivity index (χ4v) is 1.90. The molecule has 0 aromatic carbocycles. The molecule has 2 aromatic heterocycles. The molecule has 0 aliphatic heterocycles. The van der Waals surface area contributed by atoms with E-state index in [1.165, 1.54) is 11.3 Å². The van der Waals surface area contributed by atoms with Gasteiger partial charge < -0.3 is 15.4 Å². The number of carboxylic acids is 1. The Morgan fingerprint density at radius 2 is 2.29 bits per heavy atom. The Balaban J connectivity index is 1.83. The van der Waals surface area contributed by atoms with E-state index in [-0.39, 0.29) is 5.82 Å². The average molecular weight is 254 g/mol. The van der Waals surface area contributed by atoms with Crippen molar-refractivity contribution in [2.24, 2.45) is 0 Å². The summed E-state index contributed by atoms with van der Waals surface area (Å²) in [4.78, 5) is 18.3. The third-order valence-electron chi connectivity index (χ3n) is 2.05. The molecule has 0 radical (unpaired) electrons. The van der Waals surface area contributed by atoms with Gasteiger partial charge in [-0.15, -0.1) is 11.3 Å². The zero-order chi connectivity index (χ0) is 12.3. The number of aromatic carboxylic acids is 1. The molecule has 0 saturated carbocycles. The first kappa shape index (κ1) is 11.5. The van der Waals surface area contributed by atoms with E-state index in [0.29, 0.717) is 17.4 Å². The molecule has 0 aliphatic carbocycles. The van der Waals surface area contributed by atoms with Gasteiger partial charge in [0.2, 0.25) is 5.89 Å². The van der Waals surface area contributed by atoms with E-state index >= 15 is 0 Å². The highest BCUT2D eigenvalue weighted by molar-refractivity contribution is 7.13. The molecule has 3 N–H and O–H groups in total. The number of rotatable bonds is 5. The maximum atomic E-state index is 10.5. The number of hydrogen-bond donors (Lipinski definition) is 2. The highest BCUT2D eigenvalue weighted by Gasteiger charge is 2.12. The van der Waals surface area contributed by atoms with Crippen LogP contribution in [0.4, 0.5) is 5.13 Å². The van der Waals surface area contributed by atoms with Gasteiger partial charge in [0, 0.05) is 11.8 Å². The molecule has 0 spiro atoms. The third kappa shape index (κ3) is 3.00. The number of aromatic nitrogens is 3. The van der Waals surface area contributed by atoms with E-state index in [2.05, 4.69) is 15.1 Å². The molecule has 0 unspecified atom stereocenters. The lowest BCUT2D eigenvalue weighted by Crippen LogP contribution is -1.99. The molecule has 90 valence electrons. The van der Waals surface area contributed by atoms with E-state index in [4.69, 9.17) is 15.4 Å². The number of hydrogen-bond acceptors (Lipinski definition) is 7. The van der Waals surface area contributed by atoms with Crippen molar-refractivity contribution in [3.63, 3.8) is 0 Å². The summed E-state index contributed by atoms with van der Waals surface area (Å²) in [6, 6.07) is 0. The zero-order valence-corrected chi connectivity index (χ0v) is 9.61. The van der Waals surface area contributed by atoms with E-state index < -0.39 is 5.97 Å². The lowest BCUT2D eigenvalue weighted by Gasteiger charge is -1.93. The van der Waals surface area contributed by atoms with Crippen LogP contribution < -0.4 is 5.73 Å². The Morgan fingerprint density at radius 3 is 2.88 bits per heavy atom. The van der Waals surface area contributed by atoms with Crippen LogP contribution in [0.25, 0.3) is 0 Å². The number of nitrogen functional groups attached to an aromatic ring is 1. The van der Waals surface area contributed by atoms with Gasteiger partial charge in [-0.05, 0) is 18.0 Å². The Labute approximate surface area is 100 Å². The first-order valence-electron chi connectivity index (χ1n) is 4.91. The number of carbonyl (C=O) groups is 1. The topological polar surface area (TPSA) is 115 Å². The molecule has 0 fully saturated rings. The molecule has 0 saturated heterocycles. The van der Waals surface area contributed by atoms with Crippen molar-refractivity contribution in [2.45, 2.75) is 19.3 Å². The highest BCUT2D eigenvalue weighted by atomic mass is 32.1. The maximum Gasteiger partial charge on any atom is 0.377 e. The van der Waals surface area contributed by atoms with E-state index in [1.54, 1.807) is 0 Å². The summed E-state index contributed by atoms with van der Waals surface area (Å²) in [6.45, 7) is 0. The fraction of sp³-hybridized carbons (Fsp3) is 0.333. The van der Waals surface area contributed by atoms with Gasteiger partial charge in [0.25, 0.3) is 5.82 Å². The van der Waals surface area contributed by atoms with Crippen molar-refractivity contribution < 1.29 is 14.4 Å². The summed E-state index contributed by atoms with van der Waals surface area (Å²) in [5, 5.41) is 14.4. The van der Waals surface area contributed by atoms with Crippen LogP contribution in [0.2, 0.25) is 0 Å². The van der Waals surface area contributed by atoms with Crippen molar-refractivity contribution in [2.75, 3.05) is 5.73 Å². The van der Waals surface area contributed by atoms with Crippen molar-refractivity contribution in [3.8, 4) is 0 Å². The first-order valence-corrected chi connectivity index (χ1v) is 5.79. The average Bonchev–Trinajstić information content (AvgIpc) is 2.88. The smallest absolute Gasteiger partial charge is 0.377 e. The summed E-state index contributed by atoms with van der Waals surface area (Å²) in [5.41, 5.74) is 6.42. The van der Waals surface area contributed by atoms with Gasteiger partial charge in [-0.1, -0.05) is 0 Å². The SMILES string of the molecule is Nc1nc(CCCc2nc(C(=O)O)no2)cs1. The summed E-state index contributed by atoms with van der Waals surface area (Å²) >= 11 is 1.40. The molecular weight excluding hydrogens is 244 g/mol. The minimum atomic E-state index is -1.19. The van der Waals surface area contributed by atoms with Crippen molar-refractivity contribution in [3.05, 3.63) is 22.8 Å². The summed E-state index contributed by atoms with van der Waals surface area (Å²) in [6.07, 6.45) is 2.03. The van der Waals surface area contributed by atoms with Crippen LogP contribution in [0.1, 0.15) is 28.6 Å². The standard InChI is InChI=1S/C9H10N4O3S/c10-9-11-5(4-17-9)2-1-3-6-12-7(8(14)15)13-16-6/h4H,1-3H2,(H2,10,11)(H,14,15). The summed E-state index contributed by atoms with van der Waals surface area (Å²) in [5.74, 6) is -1.17. The Hall–Kier alpha value is -1.96. The molecule has 0 aliphatic rings. The minimum Gasteiger partial charge on any atom is -0.475 e. The summed E-state index contributed by atoms with van der Waals surface area (Å²) in [7, 11) is 0. The number of thiazole rings is 1. The van der Waals surface area contributed by atoms with E-state index in [1.807, 2.05) is 5.38 Å². The molecule has 0 amide bonds. The largest absolute Gasteiger partial charge is 0.475 e. The second-order valence-corrected chi connectivity index (χ2v) is 4.24. The van der Waals surface area contributed by atoms with E-state index in [0.717, 1.165) is 18.5 Å². The molecule has 2 rings (SSSR count). The van der Waals surface area contributed by atoms with Crippen LogP contribution in [-0.2, 0) is 12.8 Å². The van der Waals surface area contributed by atoms with Gasteiger partial charge in [0.15, 0.2) is 5.13 Å². The van der Waals surface area contributed by atoms with Crippen molar-refractivity contribution in [1.29, 1.82) is 0 Å². The Bertz CT molecular complexity index is 522. The molecule has 0 bridgehead atoms. The second kappa shape index (κ2) is 4.91. The molecule has 0 atom stereocenters. The highest BCUT2D eigenvalue weighted by Crippen LogP contribution is 2.13. The van der Waals surface area contributed by atoms with Gasteiger partial charge >= 0.3 is 5.97 Å². The molecule has 7 nitrogen and oxygen atoms in total. The molecule has 8 heteroatoms. The summed E-state index contributed by atoms with van der Waals surface area (Å²) < 4.78 is 4.78. The molecule has 2 heterocycles. The third-order valence-corrected chi connectivity index (χ3v) is 2.78. The van der Waals surface area contributed by atoms with Crippen LogP contribution in [0.3, 0.4) is 0 Å². The second-order valence-electron chi connectivity index (χ2n) is 3.35. The lowest BCUT2D eigenvalue weighted by molar-refractivity contribution is 0.0680. The van der Waals surface area contributed by atoms with Crippen molar-refractivity contribution >= 4 is 22.4 Å². The quantitative estimate of drug-likeness (QED) is 0.817. The maximum absolute atomic E-state index is 10.5. The predicted octanol–water partition coefficient (Wildman–Crippen LogP) is 0.982. The Morgan fingerprint density at radius 1 is 1.47 bits per heavy atom. The normalized spacial score (nSPS) is 10.6. The Kier molecular flexibility index (Phi) is 3.33. The molecule has 2 aromatic rings. The first-order chi connectivity index (χ1) is 8.15. The number of nitrogens with two attached hydrogens (primary N) is 1. The van der Waals surface area contributed by atoms with Crippen LogP contribution in [0, 0.1) is 0 Å². The lowest BCUT2D eigenvalue weighted by atomic mass is 10.2. The van der Waals surface area contributed by atoms with Crippen LogP contribution in [0.5, 0.6) is 0 Å². The number of aryl methyl sites for hydroxylation is 2. The van der Waals surface area contributed by atoms with Gasteiger partial charge in [0.1, 0.15) is 0 Å². The van der Waals surface area contributed by atoms with Gasteiger partial charge in [-0.25, -0.2) is 9.78 Å². The van der Waals surface area contributed by atoms with Gasteiger partial charge in [-0.3, -0.25) is 0 Å². The van der Waals surface area contributed by atoms with Crippen LogP contribution in [0.15, 0.2) is 9.90 Å². The number of anilines is 1. The number of carboxylic acid groups (broad SMARTS) is 1. The van der Waals surface area contributed by atoms with Crippen molar-refractivity contribution in [1.82, 2.24) is 15.1 Å². The fourth-order valence-electron chi connectivity index (χ4n) is 1.30. The molecule has 17 heavy (non-hydrogen) atoms. The van der Waals surface area contributed by atoms with Crippen LogP contribution in [-0.4, -0.2) is 26.2 Å². The van der Waals surface area contributed by atoms with E-state index in [9.17, 15) is 4.79 Å².